The maximum Gasteiger partial charge on any atom is 0.126 e. The van der Waals surface area contributed by atoms with Crippen LogP contribution in [0.4, 0.5) is 0 Å². The third-order valence-corrected chi connectivity index (χ3v) is 5.68. The highest BCUT2D eigenvalue weighted by Crippen LogP contribution is 2.44. The van der Waals surface area contributed by atoms with E-state index in [0.29, 0.717) is 0 Å². The Kier molecular flexibility index (Phi) is 5.39. The molecule has 0 saturated heterocycles. The summed E-state index contributed by atoms with van der Waals surface area (Å²) in [6, 6.07) is 8.06. The molecule has 2 aromatic rings. The van der Waals surface area contributed by atoms with Crippen LogP contribution in [0.3, 0.4) is 0 Å². The summed E-state index contributed by atoms with van der Waals surface area (Å²) < 4.78 is 6.73. The Morgan fingerprint density at radius 1 is 1.10 bits per heavy atom. The molecule has 1 atom stereocenters. The van der Waals surface area contributed by atoms with Crippen molar-refractivity contribution in [3.05, 3.63) is 61.6 Å². The van der Waals surface area contributed by atoms with Crippen LogP contribution < -0.4 is 4.74 Å². The summed E-state index contributed by atoms with van der Waals surface area (Å²) >= 11 is 13.5. The predicted octanol–water partition coefficient (Wildman–Crippen LogP) is 6.52. The third kappa shape index (κ3) is 3.30. The minimum absolute atomic E-state index is 0.0564. The molecule has 2 aromatic carbocycles. The maximum atomic E-state index is 6.06. The molecule has 0 aliphatic rings. The molecule has 0 aromatic heterocycles. The molecular weight excluding hydrogens is 415 g/mol. The van der Waals surface area contributed by atoms with E-state index in [0.717, 1.165) is 31.9 Å². The van der Waals surface area contributed by atoms with Gasteiger partial charge in [0.05, 0.1) is 11.9 Å². The molecule has 0 fully saturated rings. The summed E-state index contributed by atoms with van der Waals surface area (Å²) in [5, 5.41) is 0.755. The van der Waals surface area contributed by atoms with Gasteiger partial charge >= 0.3 is 0 Å². The number of hydrogen-bond acceptors (Lipinski definition) is 1. The minimum Gasteiger partial charge on any atom is -0.496 e. The molecular formula is C17H17Br2ClO. The van der Waals surface area contributed by atoms with E-state index in [2.05, 4.69) is 64.8 Å². The number of aryl methyl sites for hydroxylation is 2. The van der Waals surface area contributed by atoms with Gasteiger partial charge in [-0.3, -0.25) is 0 Å². The van der Waals surface area contributed by atoms with Gasteiger partial charge in [0, 0.05) is 15.1 Å². The SMILES string of the molecule is COc1c(C)cc(Br)c(C)c1C(Br)c1ccc(Cl)cc1C. The molecule has 0 aliphatic carbocycles. The maximum absolute atomic E-state index is 6.06. The molecule has 2 rings (SSSR count). The summed E-state index contributed by atoms with van der Waals surface area (Å²) in [6.07, 6.45) is 0. The van der Waals surface area contributed by atoms with E-state index in [9.17, 15) is 0 Å². The largest absolute Gasteiger partial charge is 0.496 e. The highest BCUT2D eigenvalue weighted by atomic mass is 79.9. The van der Waals surface area contributed by atoms with Crippen molar-refractivity contribution >= 4 is 43.5 Å². The van der Waals surface area contributed by atoms with E-state index in [4.69, 9.17) is 16.3 Å². The smallest absolute Gasteiger partial charge is 0.126 e. The van der Waals surface area contributed by atoms with Crippen LogP contribution in [-0.4, -0.2) is 7.11 Å². The van der Waals surface area contributed by atoms with Crippen LogP contribution in [0, 0.1) is 20.8 Å². The van der Waals surface area contributed by atoms with Gasteiger partial charge in [0.1, 0.15) is 5.75 Å². The predicted molar refractivity (Wildman–Crippen MR) is 97.1 cm³/mol. The minimum atomic E-state index is 0.0564. The fraction of sp³-hybridized carbons (Fsp3) is 0.294. The van der Waals surface area contributed by atoms with Crippen molar-refractivity contribution in [3.8, 4) is 5.75 Å². The van der Waals surface area contributed by atoms with Crippen molar-refractivity contribution in [1.29, 1.82) is 0 Å². The second kappa shape index (κ2) is 6.72. The Morgan fingerprint density at radius 3 is 2.33 bits per heavy atom. The van der Waals surface area contributed by atoms with Crippen LogP contribution in [0.1, 0.15) is 32.6 Å². The zero-order chi connectivity index (χ0) is 15.7. The Balaban J connectivity index is 2.65. The number of hydrogen-bond donors (Lipinski definition) is 0. The second-order valence-corrected chi connectivity index (χ2v) is 7.32. The quantitative estimate of drug-likeness (QED) is 0.502. The summed E-state index contributed by atoms with van der Waals surface area (Å²) in [4.78, 5) is 0.0564. The van der Waals surface area contributed by atoms with Gasteiger partial charge in [-0.05, 0) is 61.2 Å². The van der Waals surface area contributed by atoms with Crippen molar-refractivity contribution in [2.45, 2.75) is 25.6 Å². The summed E-state index contributed by atoms with van der Waals surface area (Å²) in [6.45, 7) is 6.23. The lowest BCUT2D eigenvalue weighted by atomic mass is 9.94. The van der Waals surface area contributed by atoms with E-state index in [1.165, 1.54) is 11.1 Å². The zero-order valence-corrected chi connectivity index (χ0v) is 16.4. The number of benzene rings is 2. The molecule has 21 heavy (non-hydrogen) atoms. The van der Waals surface area contributed by atoms with Crippen molar-refractivity contribution in [2.24, 2.45) is 0 Å². The van der Waals surface area contributed by atoms with E-state index in [1.807, 2.05) is 12.1 Å². The molecule has 1 unspecified atom stereocenters. The normalized spacial score (nSPS) is 12.3. The third-order valence-electron chi connectivity index (χ3n) is 3.67. The van der Waals surface area contributed by atoms with E-state index >= 15 is 0 Å². The fourth-order valence-electron chi connectivity index (χ4n) is 2.53. The van der Waals surface area contributed by atoms with Gasteiger partial charge in [-0.1, -0.05) is 49.5 Å². The molecule has 0 bridgehead atoms. The molecule has 0 saturated carbocycles. The van der Waals surface area contributed by atoms with E-state index < -0.39 is 0 Å². The zero-order valence-electron chi connectivity index (χ0n) is 12.4. The van der Waals surface area contributed by atoms with Crippen LogP contribution in [0.15, 0.2) is 28.7 Å². The number of halogens is 3. The molecule has 0 amide bonds. The van der Waals surface area contributed by atoms with Crippen molar-refractivity contribution in [1.82, 2.24) is 0 Å². The first-order valence-corrected chi connectivity index (χ1v) is 8.69. The average Bonchev–Trinajstić information content (AvgIpc) is 2.41. The van der Waals surface area contributed by atoms with E-state index in [1.54, 1.807) is 7.11 Å². The Morgan fingerprint density at radius 2 is 1.76 bits per heavy atom. The topological polar surface area (TPSA) is 9.23 Å². The Bertz CT molecular complexity index is 683. The molecule has 1 nitrogen and oxygen atoms in total. The number of methoxy groups -OCH3 is 1. The first-order chi connectivity index (χ1) is 9.86. The molecule has 0 heterocycles. The lowest BCUT2D eigenvalue weighted by Gasteiger charge is -2.21. The molecule has 0 spiro atoms. The molecule has 4 heteroatoms. The number of ether oxygens (including phenoxy) is 1. The average molecular weight is 433 g/mol. The van der Waals surface area contributed by atoms with Crippen molar-refractivity contribution in [3.63, 3.8) is 0 Å². The van der Waals surface area contributed by atoms with Crippen LogP contribution in [-0.2, 0) is 0 Å². The van der Waals surface area contributed by atoms with Crippen LogP contribution in [0.2, 0.25) is 5.02 Å². The first-order valence-electron chi connectivity index (χ1n) is 6.60. The molecule has 0 radical (unpaired) electrons. The van der Waals surface area contributed by atoms with Gasteiger partial charge in [0.2, 0.25) is 0 Å². The summed E-state index contributed by atoms with van der Waals surface area (Å²) in [7, 11) is 1.72. The van der Waals surface area contributed by atoms with Gasteiger partial charge in [-0.25, -0.2) is 0 Å². The van der Waals surface area contributed by atoms with Gasteiger partial charge in [-0.15, -0.1) is 0 Å². The summed E-state index contributed by atoms with van der Waals surface area (Å²) in [5.41, 5.74) is 5.78. The second-order valence-electron chi connectivity index (χ2n) is 5.11. The summed E-state index contributed by atoms with van der Waals surface area (Å²) in [5.74, 6) is 0.923. The molecule has 112 valence electrons. The van der Waals surface area contributed by atoms with Gasteiger partial charge in [0.25, 0.3) is 0 Å². The van der Waals surface area contributed by atoms with Crippen LogP contribution >= 0.6 is 43.5 Å². The molecule has 0 N–H and O–H groups in total. The standard InChI is InChI=1S/C17H17Br2ClO/c1-9-7-12(20)5-6-13(9)16(19)15-11(3)14(18)8-10(2)17(15)21-4/h5-8,16H,1-4H3. The monoisotopic (exact) mass is 430 g/mol. The first kappa shape index (κ1) is 16.9. The lowest BCUT2D eigenvalue weighted by Crippen LogP contribution is -2.04. The van der Waals surface area contributed by atoms with Crippen molar-refractivity contribution in [2.75, 3.05) is 7.11 Å². The highest BCUT2D eigenvalue weighted by Gasteiger charge is 2.22. The number of rotatable bonds is 3. The number of alkyl halides is 1. The van der Waals surface area contributed by atoms with Crippen LogP contribution in [0.5, 0.6) is 5.75 Å². The van der Waals surface area contributed by atoms with Crippen LogP contribution in [0.25, 0.3) is 0 Å². The highest BCUT2D eigenvalue weighted by molar-refractivity contribution is 9.10. The van der Waals surface area contributed by atoms with Gasteiger partial charge in [0.15, 0.2) is 0 Å². The molecule has 0 aliphatic heterocycles. The van der Waals surface area contributed by atoms with Gasteiger partial charge < -0.3 is 4.74 Å². The van der Waals surface area contributed by atoms with Crippen molar-refractivity contribution < 1.29 is 4.74 Å². The van der Waals surface area contributed by atoms with E-state index in [-0.39, 0.29) is 4.83 Å². The Hall–Kier alpha value is -0.510. The Labute approximate surface area is 147 Å². The lowest BCUT2D eigenvalue weighted by molar-refractivity contribution is 0.406. The van der Waals surface area contributed by atoms with Gasteiger partial charge in [-0.2, -0.15) is 0 Å². The fourth-order valence-corrected chi connectivity index (χ4v) is 4.38.